The predicted octanol–water partition coefficient (Wildman–Crippen LogP) is 4.62. The maximum Gasteiger partial charge on any atom is 0.254 e. The van der Waals surface area contributed by atoms with Gasteiger partial charge in [0.25, 0.3) is 5.91 Å². The van der Waals surface area contributed by atoms with Crippen LogP contribution < -0.4 is 20.1 Å². The number of ketones is 1. The molecule has 0 unspecified atom stereocenters. The molecule has 0 fully saturated rings. The van der Waals surface area contributed by atoms with Crippen molar-refractivity contribution in [1.82, 2.24) is 5.32 Å². The number of nitrogens with one attached hydrogen (secondary N) is 2. The second-order valence-corrected chi connectivity index (χ2v) is 8.12. The first-order valence-electron chi connectivity index (χ1n) is 10.8. The zero-order valence-electron chi connectivity index (χ0n) is 18.9. The van der Waals surface area contributed by atoms with Gasteiger partial charge in [-0.25, -0.2) is 0 Å². The minimum Gasteiger partial charge on any atom is -0.493 e. The second-order valence-electron chi connectivity index (χ2n) is 8.12. The molecule has 1 heterocycles. The molecule has 0 saturated carbocycles. The van der Waals surface area contributed by atoms with E-state index >= 15 is 0 Å². The highest BCUT2D eigenvalue weighted by Gasteiger charge is 2.40. The zero-order chi connectivity index (χ0) is 22.8. The molecule has 1 amide bonds. The van der Waals surface area contributed by atoms with Gasteiger partial charge in [0.2, 0.25) is 0 Å². The molecule has 0 radical (unpaired) electrons. The molecule has 6 heteroatoms. The Hall–Kier alpha value is -3.54. The number of anilines is 1. The average molecular weight is 433 g/mol. The Morgan fingerprint density at radius 1 is 1.03 bits per heavy atom. The quantitative estimate of drug-likeness (QED) is 0.721. The van der Waals surface area contributed by atoms with Crippen LogP contribution in [0.2, 0.25) is 0 Å². The van der Waals surface area contributed by atoms with Crippen molar-refractivity contribution in [3.05, 3.63) is 76.1 Å². The van der Waals surface area contributed by atoms with E-state index in [0.29, 0.717) is 29.1 Å². The number of allylic oxidation sites excluding steroid dienone is 3. The summed E-state index contributed by atoms with van der Waals surface area (Å²) in [7, 11) is 3.15. The van der Waals surface area contributed by atoms with Gasteiger partial charge in [0.1, 0.15) is 0 Å². The van der Waals surface area contributed by atoms with Crippen LogP contribution in [0.3, 0.4) is 0 Å². The lowest BCUT2D eigenvalue weighted by Gasteiger charge is -2.35. The standard InChI is InChI=1S/C26H28N2O4/c1-15-9-5-6-11-18(15)28-26(30)22-16(2)27-19-12-8-13-20(29)24(19)23(22)17-10-7-14-21(31-3)25(17)32-4/h5-7,9-11,14,23,27H,8,12-13H2,1-4H3,(H,28,30)/t23-/m1/s1. The second kappa shape index (κ2) is 8.91. The molecule has 1 aliphatic heterocycles. The lowest BCUT2D eigenvalue weighted by Crippen LogP contribution is -2.35. The van der Waals surface area contributed by atoms with Crippen molar-refractivity contribution < 1.29 is 19.1 Å². The van der Waals surface area contributed by atoms with Crippen LogP contribution >= 0.6 is 0 Å². The van der Waals surface area contributed by atoms with E-state index in [9.17, 15) is 9.59 Å². The molecule has 4 rings (SSSR count). The van der Waals surface area contributed by atoms with Gasteiger partial charge in [0.05, 0.1) is 20.1 Å². The van der Waals surface area contributed by atoms with E-state index in [2.05, 4.69) is 10.6 Å². The highest BCUT2D eigenvalue weighted by Crippen LogP contribution is 2.47. The summed E-state index contributed by atoms with van der Waals surface area (Å²) in [5.41, 5.74) is 5.22. The lowest BCUT2D eigenvalue weighted by atomic mass is 9.74. The molecule has 0 bridgehead atoms. The molecule has 0 aromatic heterocycles. The summed E-state index contributed by atoms with van der Waals surface area (Å²) >= 11 is 0. The number of aryl methyl sites for hydroxylation is 1. The van der Waals surface area contributed by atoms with Crippen molar-refractivity contribution in [3.8, 4) is 11.5 Å². The van der Waals surface area contributed by atoms with Gasteiger partial charge >= 0.3 is 0 Å². The van der Waals surface area contributed by atoms with Gasteiger partial charge in [-0.2, -0.15) is 0 Å². The molecule has 0 spiro atoms. The maximum atomic E-state index is 13.6. The average Bonchev–Trinajstić information content (AvgIpc) is 2.79. The Morgan fingerprint density at radius 2 is 1.81 bits per heavy atom. The van der Waals surface area contributed by atoms with Gasteiger partial charge in [-0.1, -0.05) is 30.3 Å². The largest absolute Gasteiger partial charge is 0.493 e. The number of Topliss-reactive ketones (excluding diaryl/α,β-unsaturated/α-hetero) is 1. The monoisotopic (exact) mass is 432 g/mol. The van der Waals surface area contributed by atoms with E-state index in [0.717, 1.165) is 41.1 Å². The number of carbonyl (C=O) groups is 2. The van der Waals surface area contributed by atoms with Gasteiger partial charge in [0.15, 0.2) is 17.3 Å². The van der Waals surface area contributed by atoms with E-state index in [1.165, 1.54) is 0 Å². The Bertz CT molecular complexity index is 1150. The number of hydrogen-bond donors (Lipinski definition) is 2. The molecular formula is C26H28N2O4. The molecule has 1 atom stereocenters. The Kier molecular flexibility index (Phi) is 6.04. The number of rotatable bonds is 5. The predicted molar refractivity (Wildman–Crippen MR) is 124 cm³/mol. The third kappa shape index (κ3) is 3.77. The maximum absolute atomic E-state index is 13.6. The lowest BCUT2D eigenvalue weighted by molar-refractivity contribution is -0.116. The highest BCUT2D eigenvalue weighted by molar-refractivity contribution is 6.10. The molecule has 6 nitrogen and oxygen atoms in total. The molecule has 1 aliphatic carbocycles. The summed E-state index contributed by atoms with van der Waals surface area (Å²) in [5, 5.41) is 6.40. The number of benzene rings is 2. The normalized spacial score (nSPS) is 18.1. The fraction of sp³-hybridized carbons (Fsp3) is 0.308. The summed E-state index contributed by atoms with van der Waals surface area (Å²) in [6, 6.07) is 13.2. The fourth-order valence-electron chi connectivity index (χ4n) is 4.64. The van der Waals surface area contributed by atoms with Crippen LogP contribution in [0.25, 0.3) is 0 Å². The number of amides is 1. The molecule has 32 heavy (non-hydrogen) atoms. The van der Waals surface area contributed by atoms with Crippen molar-refractivity contribution in [2.75, 3.05) is 19.5 Å². The molecule has 2 aromatic carbocycles. The zero-order valence-corrected chi connectivity index (χ0v) is 18.9. The molecule has 0 saturated heterocycles. The van der Waals surface area contributed by atoms with Crippen molar-refractivity contribution in [2.24, 2.45) is 0 Å². The van der Waals surface area contributed by atoms with E-state index in [-0.39, 0.29) is 11.7 Å². The molecule has 2 aliphatic rings. The third-order valence-electron chi connectivity index (χ3n) is 6.16. The highest BCUT2D eigenvalue weighted by atomic mass is 16.5. The Morgan fingerprint density at radius 3 is 2.53 bits per heavy atom. The first-order chi connectivity index (χ1) is 15.5. The van der Waals surface area contributed by atoms with E-state index in [1.54, 1.807) is 14.2 Å². The minimum absolute atomic E-state index is 0.0577. The van der Waals surface area contributed by atoms with Crippen molar-refractivity contribution in [2.45, 2.75) is 39.0 Å². The molecule has 2 N–H and O–H groups in total. The van der Waals surface area contributed by atoms with Crippen LogP contribution in [-0.2, 0) is 9.59 Å². The minimum atomic E-state index is -0.548. The van der Waals surface area contributed by atoms with Crippen molar-refractivity contribution >= 4 is 17.4 Å². The van der Waals surface area contributed by atoms with E-state index < -0.39 is 5.92 Å². The molecule has 166 valence electrons. The summed E-state index contributed by atoms with van der Waals surface area (Å²) in [6.45, 7) is 3.83. The Balaban J connectivity index is 1.87. The number of para-hydroxylation sites is 2. The van der Waals surface area contributed by atoms with Gasteiger partial charge in [-0.15, -0.1) is 0 Å². The van der Waals surface area contributed by atoms with E-state index in [1.807, 2.05) is 56.3 Å². The summed E-state index contributed by atoms with van der Waals surface area (Å²) in [6.07, 6.45) is 2.04. The Labute approximate surface area is 188 Å². The van der Waals surface area contributed by atoms with Crippen LogP contribution in [0.5, 0.6) is 11.5 Å². The van der Waals surface area contributed by atoms with E-state index in [4.69, 9.17) is 9.47 Å². The fourth-order valence-corrected chi connectivity index (χ4v) is 4.64. The number of ether oxygens (including phenoxy) is 2. The number of carbonyl (C=O) groups excluding carboxylic acids is 2. The summed E-state index contributed by atoms with van der Waals surface area (Å²) in [5.74, 6) is 0.353. The van der Waals surface area contributed by atoms with Gasteiger partial charge in [-0.05, 0) is 44.4 Å². The number of dihydropyridines is 1. The SMILES string of the molecule is COc1cccc([C@@H]2C(C(=O)Nc3ccccc3C)=C(C)NC3=C2C(=O)CCC3)c1OC. The van der Waals surface area contributed by atoms with Gasteiger partial charge in [-0.3, -0.25) is 9.59 Å². The number of hydrogen-bond acceptors (Lipinski definition) is 5. The summed E-state index contributed by atoms with van der Waals surface area (Å²) < 4.78 is 11.2. The third-order valence-corrected chi connectivity index (χ3v) is 6.16. The van der Waals surface area contributed by atoms with Crippen LogP contribution in [0.1, 0.15) is 43.2 Å². The van der Waals surface area contributed by atoms with Crippen LogP contribution in [0.4, 0.5) is 5.69 Å². The smallest absolute Gasteiger partial charge is 0.254 e. The van der Waals surface area contributed by atoms with Crippen molar-refractivity contribution in [3.63, 3.8) is 0 Å². The topological polar surface area (TPSA) is 76.7 Å². The first kappa shape index (κ1) is 21.7. The van der Waals surface area contributed by atoms with Gasteiger partial charge < -0.3 is 20.1 Å². The van der Waals surface area contributed by atoms with Crippen LogP contribution in [-0.4, -0.2) is 25.9 Å². The molecule has 2 aromatic rings. The first-order valence-corrected chi connectivity index (χ1v) is 10.8. The molecular weight excluding hydrogens is 404 g/mol. The number of methoxy groups -OCH3 is 2. The van der Waals surface area contributed by atoms with Gasteiger partial charge in [0, 0.05) is 40.2 Å². The van der Waals surface area contributed by atoms with Crippen molar-refractivity contribution in [1.29, 1.82) is 0 Å². The van der Waals surface area contributed by atoms with Crippen LogP contribution in [0.15, 0.2) is 65.0 Å². The van der Waals surface area contributed by atoms with Crippen LogP contribution in [0, 0.1) is 6.92 Å². The summed E-state index contributed by atoms with van der Waals surface area (Å²) in [4.78, 5) is 26.8.